The largest absolute Gasteiger partial charge is 0.312 e. The zero-order chi connectivity index (χ0) is 19.4. The molecular weight excluding hydrogens is 352 g/mol. The van der Waals surface area contributed by atoms with Gasteiger partial charge >= 0.3 is 0 Å². The molecule has 1 aliphatic heterocycles. The first-order valence-corrected chi connectivity index (χ1v) is 8.22. The van der Waals surface area contributed by atoms with Crippen molar-refractivity contribution >= 4 is 29.1 Å². The number of nitrogens with one attached hydrogen (secondary N) is 2. The van der Waals surface area contributed by atoms with Crippen molar-refractivity contribution < 1.29 is 19.3 Å². The minimum absolute atomic E-state index is 0.0508. The summed E-state index contributed by atoms with van der Waals surface area (Å²) in [4.78, 5) is 48.1. The molecule has 2 aromatic carbocycles. The molecule has 1 fully saturated rings. The first-order valence-electron chi connectivity index (χ1n) is 8.22. The number of para-hydroxylation sites is 1. The summed E-state index contributed by atoms with van der Waals surface area (Å²) < 4.78 is 0. The highest BCUT2D eigenvalue weighted by atomic mass is 16.6. The molecule has 1 saturated heterocycles. The van der Waals surface area contributed by atoms with Gasteiger partial charge in [0.2, 0.25) is 5.91 Å². The summed E-state index contributed by atoms with van der Waals surface area (Å²) in [5.41, 5.74) is 5.33. The van der Waals surface area contributed by atoms with Crippen molar-refractivity contribution in [1.82, 2.24) is 10.9 Å². The first-order chi connectivity index (χ1) is 13.0. The van der Waals surface area contributed by atoms with Crippen LogP contribution < -0.4 is 15.8 Å². The maximum Gasteiger partial charge on any atom is 0.271 e. The number of benzene rings is 2. The molecule has 0 spiro atoms. The Bertz CT molecular complexity index is 910. The molecule has 1 aliphatic rings. The SMILES string of the molecule is O=C(NNC(=O)c1ccccc1N1CCCC1=O)c1ccc([N+](=O)[O-])cc1. The van der Waals surface area contributed by atoms with E-state index in [0.29, 0.717) is 18.7 Å². The Kier molecular flexibility index (Phi) is 5.11. The molecule has 0 aromatic heterocycles. The smallest absolute Gasteiger partial charge is 0.271 e. The van der Waals surface area contributed by atoms with E-state index in [2.05, 4.69) is 10.9 Å². The Balaban J connectivity index is 1.68. The fourth-order valence-electron chi connectivity index (χ4n) is 2.79. The van der Waals surface area contributed by atoms with Crippen LogP contribution >= 0.6 is 0 Å². The van der Waals surface area contributed by atoms with Crippen LogP contribution in [0.3, 0.4) is 0 Å². The summed E-state index contributed by atoms with van der Waals surface area (Å²) >= 11 is 0. The van der Waals surface area contributed by atoms with Gasteiger partial charge in [0.15, 0.2) is 0 Å². The van der Waals surface area contributed by atoms with E-state index in [1.165, 1.54) is 24.3 Å². The van der Waals surface area contributed by atoms with Crippen LogP contribution in [0.15, 0.2) is 48.5 Å². The second-order valence-corrected chi connectivity index (χ2v) is 5.88. The van der Waals surface area contributed by atoms with Gasteiger partial charge in [0.25, 0.3) is 17.5 Å². The number of hydrogen-bond donors (Lipinski definition) is 2. The number of nitro benzene ring substituents is 1. The van der Waals surface area contributed by atoms with Crippen LogP contribution in [0.4, 0.5) is 11.4 Å². The van der Waals surface area contributed by atoms with Crippen LogP contribution in [-0.2, 0) is 4.79 Å². The summed E-state index contributed by atoms with van der Waals surface area (Å²) in [5.74, 6) is -1.24. The van der Waals surface area contributed by atoms with Crippen LogP contribution in [0.1, 0.15) is 33.6 Å². The van der Waals surface area contributed by atoms with E-state index in [0.717, 1.165) is 6.42 Å². The van der Waals surface area contributed by atoms with Gasteiger partial charge < -0.3 is 4.90 Å². The van der Waals surface area contributed by atoms with Gasteiger partial charge in [0.1, 0.15) is 0 Å². The van der Waals surface area contributed by atoms with Gasteiger partial charge in [-0.15, -0.1) is 0 Å². The number of rotatable bonds is 4. The summed E-state index contributed by atoms with van der Waals surface area (Å²) in [7, 11) is 0. The van der Waals surface area contributed by atoms with Gasteiger partial charge in [-0.3, -0.25) is 35.3 Å². The molecule has 0 saturated carbocycles. The number of hydrazine groups is 1. The predicted molar refractivity (Wildman–Crippen MR) is 96.1 cm³/mol. The molecule has 0 aliphatic carbocycles. The van der Waals surface area contributed by atoms with Crippen molar-refractivity contribution in [2.45, 2.75) is 12.8 Å². The molecule has 0 atom stereocenters. The van der Waals surface area contributed by atoms with E-state index >= 15 is 0 Å². The lowest BCUT2D eigenvalue weighted by Gasteiger charge is -2.19. The van der Waals surface area contributed by atoms with Crippen molar-refractivity contribution in [1.29, 1.82) is 0 Å². The van der Waals surface area contributed by atoms with Gasteiger partial charge in [-0.25, -0.2) is 0 Å². The quantitative estimate of drug-likeness (QED) is 0.629. The number of carbonyl (C=O) groups is 3. The third-order valence-electron chi connectivity index (χ3n) is 4.14. The molecule has 9 nitrogen and oxygen atoms in total. The average molecular weight is 368 g/mol. The average Bonchev–Trinajstić information content (AvgIpc) is 3.11. The van der Waals surface area contributed by atoms with E-state index in [9.17, 15) is 24.5 Å². The van der Waals surface area contributed by atoms with E-state index in [4.69, 9.17) is 0 Å². The molecule has 9 heteroatoms. The molecule has 27 heavy (non-hydrogen) atoms. The molecule has 2 N–H and O–H groups in total. The van der Waals surface area contributed by atoms with Crippen molar-refractivity contribution in [2.75, 3.05) is 11.4 Å². The van der Waals surface area contributed by atoms with Crippen molar-refractivity contribution in [3.8, 4) is 0 Å². The fourth-order valence-corrected chi connectivity index (χ4v) is 2.79. The van der Waals surface area contributed by atoms with Crippen molar-refractivity contribution in [3.63, 3.8) is 0 Å². The number of nitro groups is 1. The van der Waals surface area contributed by atoms with Crippen molar-refractivity contribution in [3.05, 3.63) is 69.8 Å². The van der Waals surface area contributed by atoms with Crippen LogP contribution in [0.25, 0.3) is 0 Å². The highest BCUT2D eigenvalue weighted by Gasteiger charge is 2.25. The second-order valence-electron chi connectivity index (χ2n) is 5.88. The normalized spacial score (nSPS) is 13.3. The molecule has 2 aromatic rings. The van der Waals surface area contributed by atoms with Crippen LogP contribution in [0.2, 0.25) is 0 Å². The third-order valence-corrected chi connectivity index (χ3v) is 4.14. The fraction of sp³-hybridized carbons (Fsp3) is 0.167. The Labute approximate surface area is 154 Å². The Hall–Kier alpha value is -3.75. The summed E-state index contributed by atoms with van der Waals surface area (Å²) in [6, 6.07) is 11.6. The highest BCUT2D eigenvalue weighted by molar-refractivity contribution is 6.06. The molecule has 0 radical (unpaired) electrons. The monoisotopic (exact) mass is 368 g/mol. The summed E-state index contributed by atoms with van der Waals surface area (Å²) in [5, 5.41) is 10.6. The second kappa shape index (κ2) is 7.65. The van der Waals surface area contributed by atoms with E-state index in [1.807, 2.05) is 0 Å². The predicted octanol–water partition coefficient (Wildman–Crippen LogP) is 1.80. The number of nitrogens with zero attached hydrogens (tertiary/aromatic N) is 2. The van der Waals surface area contributed by atoms with Gasteiger partial charge in [-0.2, -0.15) is 0 Å². The maximum atomic E-state index is 12.5. The molecule has 3 amide bonds. The van der Waals surface area contributed by atoms with Gasteiger partial charge in [-0.05, 0) is 30.7 Å². The molecule has 1 heterocycles. The maximum absolute atomic E-state index is 12.5. The Morgan fingerprint density at radius 1 is 1.00 bits per heavy atom. The molecule has 3 rings (SSSR count). The van der Waals surface area contributed by atoms with E-state index < -0.39 is 16.7 Å². The minimum atomic E-state index is -0.618. The topological polar surface area (TPSA) is 122 Å². The van der Waals surface area contributed by atoms with Crippen LogP contribution in [0.5, 0.6) is 0 Å². The third kappa shape index (κ3) is 3.92. The number of hydrogen-bond acceptors (Lipinski definition) is 5. The standard InChI is InChI=1S/C18H16N4O5/c23-16-6-3-11-21(16)15-5-2-1-4-14(15)18(25)20-19-17(24)12-7-9-13(10-8-12)22(26)27/h1-2,4-5,7-10H,3,6,11H2,(H,19,24)(H,20,25). The van der Waals surface area contributed by atoms with E-state index in [-0.39, 0.29) is 22.7 Å². The van der Waals surface area contributed by atoms with Gasteiger partial charge in [-0.1, -0.05) is 12.1 Å². The first kappa shape index (κ1) is 18.1. The van der Waals surface area contributed by atoms with Gasteiger partial charge in [0, 0.05) is 30.7 Å². The van der Waals surface area contributed by atoms with E-state index in [1.54, 1.807) is 29.2 Å². The molecule has 0 unspecified atom stereocenters. The van der Waals surface area contributed by atoms with Crippen LogP contribution in [0, 0.1) is 10.1 Å². The summed E-state index contributed by atoms with van der Waals surface area (Å²) in [6.45, 7) is 0.540. The Morgan fingerprint density at radius 2 is 1.67 bits per heavy atom. The van der Waals surface area contributed by atoms with Crippen molar-refractivity contribution in [2.24, 2.45) is 0 Å². The lowest BCUT2D eigenvalue weighted by Crippen LogP contribution is -2.42. The molecule has 138 valence electrons. The Morgan fingerprint density at radius 3 is 2.30 bits per heavy atom. The number of amides is 3. The molecule has 0 bridgehead atoms. The zero-order valence-electron chi connectivity index (χ0n) is 14.2. The number of carbonyl (C=O) groups excluding carboxylic acids is 3. The summed E-state index contributed by atoms with van der Waals surface area (Å²) in [6.07, 6.45) is 1.17. The number of non-ortho nitro benzene ring substituents is 1. The van der Waals surface area contributed by atoms with Crippen LogP contribution in [-0.4, -0.2) is 29.2 Å². The minimum Gasteiger partial charge on any atom is -0.312 e. The van der Waals surface area contributed by atoms with Gasteiger partial charge in [0.05, 0.1) is 16.2 Å². The zero-order valence-corrected chi connectivity index (χ0v) is 14.2. The number of anilines is 1. The lowest BCUT2D eigenvalue weighted by molar-refractivity contribution is -0.384. The lowest BCUT2D eigenvalue weighted by atomic mass is 10.1. The molecular formula is C18H16N4O5. The highest BCUT2D eigenvalue weighted by Crippen LogP contribution is 2.25.